The van der Waals surface area contributed by atoms with Crippen LogP contribution in [0.4, 0.5) is 0 Å². The second-order valence-corrected chi connectivity index (χ2v) is 8.72. The number of rotatable bonds is 4. The third-order valence-corrected chi connectivity index (χ3v) is 6.24. The fraction of sp³-hybridized carbons (Fsp3) is 0.300. The van der Waals surface area contributed by atoms with Gasteiger partial charge in [-0.2, -0.15) is 0 Å². The second kappa shape index (κ2) is 11.9. The largest absolute Gasteiger partial charge is 0.493 e. The van der Waals surface area contributed by atoms with E-state index in [0.717, 1.165) is 0 Å². The van der Waals surface area contributed by atoms with E-state index in [1.807, 2.05) is 36.4 Å². The zero-order valence-electron chi connectivity index (χ0n) is 22.1. The Hall–Kier alpha value is -4.53. The molecule has 0 spiro atoms. The van der Waals surface area contributed by atoms with Crippen LogP contribution in [0, 0.1) is 0 Å². The summed E-state index contributed by atoms with van der Waals surface area (Å²) in [7, 11) is 4.57. The SMILES string of the molecule is COc1cc(-c2cc3ccc4c(c3oc2=O)OCCCOc2ccccc2OCCCO4)cc(OC)c1OC. The van der Waals surface area contributed by atoms with Crippen molar-refractivity contribution in [3.05, 3.63) is 65.0 Å². The van der Waals surface area contributed by atoms with Crippen molar-refractivity contribution in [3.8, 4) is 51.4 Å². The van der Waals surface area contributed by atoms with Crippen molar-refractivity contribution in [1.82, 2.24) is 0 Å². The van der Waals surface area contributed by atoms with E-state index >= 15 is 0 Å². The molecule has 0 unspecified atom stereocenters. The first kappa shape index (κ1) is 26.1. The van der Waals surface area contributed by atoms with Crippen LogP contribution in [0.1, 0.15) is 12.8 Å². The lowest BCUT2D eigenvalue weighted by Crippen LogP contribution is -2.11. The van der Waals surface area contributed by atoms with Crippen LogP contribution < -0.4 is 38.8 Å². The van der Waals surface area contributed by atoms with Crippen molar-refractivity contribution >= 4 is 11.0 Å². The quantitative estimate of drug-likeness (QED) is 0.315. The topological polar surface area (TPSA) is 94.8 Å². The summed E-state index contributed by atoms with van der Waals surface area (Å²) >= 11 is 0. The highest BCUT2D eigenvalue weighted by Crippen LogP contribution is 2.42. The molecular formula is C30H30O9. The molecule has 1 aliphatic rings. The van der Waals surface area contributed by atoms with E-state index in [4.69, 9.17) is 37.6 Å². The molecule has 2 heterocycles. The molecule has 39 heavy (non-hydrogen) atoms. The van der Waals surface area contributed by atoms with Gasteiger partial charge in [0, 0.05) is 18.2 Å². The summed E-state index contributed by atoms with van der Waals surface area (Å²) in [5.74, 6) is 3.55. The maximum atomic E-state index is 13.2. The fourth-order valence-electron chi connectivity index (χ4n) is 4.36. The predicted octanol–water partition coefficient (Wildman–Crippen LogP) is 5.50. The number of para-hydroxylation sites is 2. The summed E-state index contributed by atoms with van der Waals surface area (Å²) in [6.07, 6.45) is 1.23. The van der Waals surface area contributed by atoms with E-state index < -0.39 is 5.63 Å². The number of hydrogen-bond acceptors (Lipinski definition) is 9. The molecule has 1 aliphatic heterocycles. The highest BCUT2D eigenvalue weighted by atomic mass is 16.5. The van der Waals surface area contributed by atoms with Crippen LogP contribution in [0.25, 0.3) is 22.1 Å². The third kappa shape index (κ3) is 5.52. The van der Waals surface area contributed by atoms with Gasteiger partial charge < -0.3 is 37.6 Å². The molecular weight excluding hydrogens is 504 g/mol. The summed E-state index contributed by atoms with van der Waals surface area (Å²) in [4.78, 5) is 13.2. The first-order valence-corrected chi connectivity index (χ1v) is 12.6. The molecule has 1 aromatic heterocycles. The third-order valence-electron chi connectivity index (χ3n) is 6.24. The summed E-state index contributed by atoms with van der Waals surface area (Å²) in [5.41, 5.74) is 0.673. The van der Waals surface area contributed by atoms with E-state index in [2.05, 4.69) is 0 Å². The fourth-order valence-corrected chi connectivity index (χ4v) is 4.36. The van der Waals surface area contributed by atoms with Gasteiger partial charge in [0.15, 0.2) is 34.3 Å². The van der Waals surface area contributed by atoms with Crippen molar-refractivity contribution in [1.29, 1.82) is 0 Å². The molecule has 0 saturated heterocycles. The number of hydrogen-bond donors (Lipinski definition) is 0. The van der Waals surface area contributed by atoms with Gasteiger partial charge >= 0.3 is 5.63 Å². The Bertz CT molecular complexity index is 1480. The van der Waals surface area contributed by atoms with Gasteiger partial charge in [-0.15, -0.1) is 0 Å². The monoisotopic (exact) mass is 534 g/mol. The standard InChI is InChI=1S/C30H30O9/c1-32-25-17-20(18-26(33-2)28(25)34-3)21-16-19-10-11-24-29(27(19)39-30(21)31)38-15-7-13-36-23-9-5-4-8-22(23)35-12-6-14-37-24/h4-5,8-11,16-18H,6-7,12-15H2,1-3H3. The molecule has 0 saturated carbocycles. The Balaban J connectivity index is 1.48. The number of fused-ring (bicyclic) bond motifs is 4. The van der Waals surface area contributed by atoms with E-state index in [-0.39, 0.29) is 0 Å². The van der Waals surface area contributed by atoms with Crippen molar-refractivity contribution in [3.63, 3.8) is 0 Å². The Labute approximate surface area is 225 Å². The van der Waals surface area contributed by atoms with Crippen LogP contribution in [0.15, 0.2) is 63.8 Å². The number of ether oxygens (including phenoxy) is 7. The van der Waals surface area contributed by atoms with Crippen molar-refractivity contribution in [2.75, 3.05) is 47.8 Å². The molecule has 0 atom stereocenters. The summed E-state index contributed by atoms with van der Waals surface area (Å²) < 4.78 is 46.1. The van der Waals surface area contributed by atoms with Crippen molar-refractivity contribution in [2.24, 2.45) is 0 Å². The Morgan fingerprint density at radius 3 is 1.85 bits per heavy atom. The average molecular weight is 535 g/mol. The molecule has 0 aliphatic carbocycles. The summed E-state index contributed by atoms with van der Waals surface area (Å²) in [6, 6.07) is 16.4. The molecule has 0 fully saturated rings. The van der Waals surface area contributed by atoms with Crippen LogP contribution in [-0.4, -0.2) is 47.8 Å². The average Bonchev–Trinajstić information content (AvgIpc) is 2.96. The maximum Gasteiger partial charge on any atom is 0.344 e. The number of benzene rings is 3. The van der Waals surface area contributed by atoms with E-state index in [1.54, 1.807) is 18.2 Å². The lowest BCUT2D eigenvalue weighted by molar-refractivity contribution is 0.203. The van der Waals surface area contributed by atoms with Gasteiger partial charge in [-0.1, -0.05) is 12.1 Å². The second-order valence-electron chi connectivity index (χ2n) is 8.72. The van der Waals surface area contributed by atoms with Gasteiger partial charge in [0.05, 0.1) is 53.3 Å². The summed E-state index contributed by atoms with van der Waals surface area (Å²) in [6.45, 7) is 1.60. The zero-order chi connectivity index (χ0) is 27.2. The molecule has 9 nitrogen and oxygen atoms in total. The Morgan fingerprint density at radius 2 is 1.26 bits per heavy atom. The highest BCUT2D eigenvalue weighted by Gasteiger charge is 2.20. The first-order valence-electron chi connectivity index (χ1n) is 12.6. The molecule has 4 aromatic rings. The van der Waals surface area contributed by atoms with Crippen LogP contribution in [-0.2, 0) is 0 Å². The van der Waals surface area contributed by atoms with Crippen molar-refractivity contribution < 1.29 is 37.6 Å². The van der Waals surface area contributed by atoms with E-state index in [9.17, 15) is 4.79 Å². The van der Waals surface area contributed by atoms with Crippen LogP contribution in [0.5, 0.6) is 40.2 Å². The highest BCUT2D eigenvalue weighted by molar-refractivity contribution is 5.88. The lowest BCUT2D eigenvalue weighted by Gasteiger charge is -2.17. The minimum Gasteiger partial charge on any atom is -0.493 e. The van der Waals surface area contributed by atoms with Gasteiger partial charge in [0.2, 0.25) is 11.5 Å². The molecule has 0 amide bonds. The predicted molar refractivity (Wildman–Crippen MR) is 145 cm³/mol. The van der Waals surface area contributed by atoms with Gasteiger partial charge in [0.1, 0.15) is 0 Å². The van der Waals surface area contributed by atoms with Gasteiger partial charge in [-0.3, -0.25) is 0 Å². The molecule has 0 radical (unpaired) electrons. The molecule has 0 N–H and O–H groups in total. The zero-order valence-corrected chi connectivity index (χ0v) is 22.1. The molecule has 204 valence electrons. The van der Waals surface area contributed by atoms with E-state index in [0.29, 0.717) is 102 Å². The Kier molecular flexibility index (Phi) is 7.96. The molecule has 3 aromatic carbocycles. The van der Waals surface area contributed by atoms with Crippen LogP contribution in [0.3, 0.4) is 0 Å². The minimum absolute atomic E-state index is 0.309. The van der Waals surface area contributed by atoms with Gasteiger partial charge in [0.25, 0.3) is 0 Å². The van der Waals surface area contributed by atoms with Crippen molar-refractivity contribution in [2.45, 2.75) is 12.8 Å². The normalized spacial score (nSPS) is 13.8. The smallest absolute Gasteiger partial charge is 0.344 e. The van der Waals surface area contributed by atoms with Gasteiger partial charge in [-0.05, 0) is 48.0 Å². The van der Waals surface area contributed by atoms with Gasteiger partial charge in [-0.25, -0.2) is 4.79 Å². The minimum atomic E-state index is -0.540. The van der Waals surface area contributed by atoms with E-state index in [1.165, 1.54) is 21.3 Å². The first-order chi connectivity index (χ1) is 19.1. The summed E-state index contributed by atoms with van der Waals surface area (Å²) in [5, 5.41) is 0.676. The van der Waals surface area contributed by atoms with Crippen LogP contribution >= 0.6 is 0 Å². The maximum absolute atomic E-state index is 13.2. The molecule has 9 heteroatoms. The number of methoxy groups -OCH3 is 3. The van der Waals surface area contributed by atoms with Crippen LogP contribution in [0.2, 0.25) is 0 Å². The Morgan fingerprint density at radius 1 is 0.667 bits per heavy atom. The lowest BCUT2D eigenvalue weighted by atomic mass is 10.0. The molecule has 5 rings (SSSR count). The molecule has 0 bridgehead atoms.